The lowest BCUT2D eigenvalue weighted by Crippen LogP contribution is -2.32. The van der Waals surface area contributed by atoms with Crippen LogP contribution in [0.1, 0.15) is 22.3 Å². The van der Waals surface area contributed by atoms with E-state index in [0.717, 1.165) is 5.56 Å². The summed E-state index contributed by atoms with van der Waals surface area (Å²) in [5, 5.41) is 5.90. The predicted octanol–water partition coefficient (Wildman–Crippen LogP) is 0.749. The minimum Gasteiger partial charge on any atom is -0.351 e. The number of nitrogens with one attached hydrogen (secondary N) is 2. The lowest BCUT2D eigenvalue weighted by Gasteiger charge is -2.07. The highest BCUT2D eigenvalue weighted by Crippen LogP contribution is 2.02. The van der Waals surface area contributed by atoms with Gasteiger partial charge in [0.1, 0.15) is 9.84 Å². The first-order chi connectivity index (χ1) is 9.38. The van der Waals surface area contributed by atoms with Crippen LogP contribution in [-0.2, 0) is 9.84 Å². The van der Waals surface area contributed by atoms with Gasteiger partial charge in [0.05, 0.1) is 5.75 Å². The van der Waals surface area contributed by atoms with E-state index in [1.165, 1.54) is 6.26 Å². The molecule has 0 bridgehead atoms. The summed E-state index contributed by atoms with van der Waals surface area (Å²) in [5.41, 5.74) is 1.77. The minimum atomic E-state index is -2.88. The fraction of sp³-hybridized carbons (Fsp3) is 0.500. The van der Waals surface area contributed by atoms with Crippen LogP contribution in [0.25, 0.3) is 0 Å². The van der Waals surface area contributed by atoms with Gasteiger partial charge in [-0.15, -0.1) is 0 Å². The molecule has 0 heterocycles. The second-order valence-electron chi connectivity index (χ2n) is 4.86. The van der Waals surface area contributed by atoms with Crippen molar-refractivity contribution in [3.05, 3.63) is 35.4 Å². The van der Waals surface area contributed by atoms with Gasteiger partial charge in [-0.25, -0.2) is 8.42 Å². The first-order valence-corrected chi connectivity index (χ1v) is 8.68. The van der Waals surface area contributed by atoms with Gasteiger partial charge in [0.2, 0.25) is 0 Å². The first-order valence-electron chi connectivity index (χ1n) is 6.62. The van der Waals surface area contributed by atoms with Crippen molar-refractivity contribution in [2.75, 3.05) is 31.6 Å². The van der Waals surface area contributed by atoms with Crippen molar-refractivity contribution in [2.24, 2.45) is 0 Å². The van der Waals surface area contributed by atoms with Crippen LogP contribution in [0.2, 0.25) is 0 Å². The van der Waals surface area contributed by atoms with E-state index in [2.05, 4.69) is 10.6 Å². The second-order valence-corrected chi connectivity index (χ2v) is 7.12. The Bertz CT molecular complexity index is 524. The fourth-order valence-corrected chi connectivity index (χ4v) is 2.32. The topological polar surface area (TPSA) is 75.3 Å². The van der Waals surface area contributed by atoms with Gasteiger partial charge in [0, 0.05) is 24.9 Å². The second kappa shape index (κ2) is 8.01. The number of hydrogen-bond acceptors (Lipinski definition) is 4. The van der Waals surface area contributed by atoms with Gasteiger partial charge in [0.25, 0.3) is 5.91 Å². The Morgan fingerprint density at radius 2 is 1.75 bits per heavy atom. The van der Waals surface area contributed by atoms with E-state index in [4.69, 9.17) is 0 Å². The monoisotopic (exact) mass is 298 g/mol. The maximum Gasteiger partial charge on any atom is 0.251 e. The summed E-state index contributed by atoms with van der Waals surface area (Å²) in [6, 6.07) is 7.39. The van der Waals surface area contributed by atoms with Crippen LogP contribution in [0.3, 0.4) is 0 Å². The number of rotatable bonds is 8. The van der Waals surface area contributed by atoms with Crippen LogP contribution in [0.15, 0.2) is 24.3 Å². The largest absolute Gasteiger partial charge is 0.351 e. The number of hydrogen-bond donors (Lipinski definition) is 2. The number of carbonyl (C=O) groups is 1. The van der Waals surface area contributed by atoms with Crippen molar-refractivity contribution >= 4 is 15.7 Å². The molecule has 1 aromatic carbocycles. The maximum atomic E-state index is 11.8. The van der Waals surface area contributed by atoms with E-state index < -0.39 is 9.84 Å². The molecular weight excluding hydrogens is 276 g/mol. The third-order valence-corrected chi connectivity index (χ3v) is 3.80. The molecule has 0 aliphatic heterocycles. The molecule has 0 atom stereocenters. The van der Waals surface area contributed by atoms with Crippen LogP contribution in [0.5, 0.6) is 0 Å². The standard InChI is InChI=1S/C14H22N2O3S/c1-12-4-6-13(7-5-12)14(17)16-10-9-15-8-3-11-20(2,18)19/h4-7,15H,3,8-11H2,1-2H3,(H,16,17). The van der Waals surface area contributed by atoms with Gasteiger partial charge < -0.3 is 10.6 Å². The van der Waals surface area contributed by atoms with Crippen LogP contribution >= 0.6 is 0 Å². The minimum absolute atomic E-state index is 0.0945. The molecule has 2 N–H and O–H groups in total. The quantitative estimate of drug-likeness (QED) is 0.695. The Morgan fingerprint density at radius 3 is 2.35 bits per heavy atom. The molecule has 0 unspecified atom stereocenters. The lowest BCUT2D eigenvalue weighted by atomic mass is 10.1. The Morgan fingerprint density at radius 1 is 1.10 bits per heavy atom. The highest BCUT2D eigenvalue weighted by molar-refractivity contribution is 7.90. The maximum absolute atomic E-state index is 11.8. The molecule has 0 fully saturated rings. The van der Waals surface area contributed by atoms with E-state index in [0.29, 0.717) is 31.6 Å². The molecule has 0 aliphatic carbocycles. The molecule has 112 valence electrons. The third-order valence-electron chi connectivity index (χ3n) is 2.77. The normalized spacial score (nSPS) is 11.3. The summed E-state index contributed by atoms with van der Waals surface area (Å²) < 4.78 is 21.8. The number of aryl methyl sites for hydroxylation is 1. The number of sulfone groups is 1. The number of benzene rings is 1. The average Bonchev–Trinajstić information content (AvgIpc) is 2.37. The zero-order valence-corrected chi connectivity index (χ0v) is 12.8. The smallest absolute Gasteiger partial charge is 0.251 e. The highest BCUT2D eigenvalue weighted by atomic mass is 32.2. The Balaban J connectivity index is 2.12. The summed E-state index contributed by atoms with van der Waals surface area (Å²) in [6.07, 6.45) is 1.82. The van der Waals surface area contributed by atoms with E-state index in [1.807, 2.05) is 19.1 Å². The molecule has 0 aromatic heterocycles. The first kappa shape index (κ1) is 16.7. The van der Waals surface area contributed by atoms with Crippen molar-refractivity contribution in [2.45, 2.75) is 13.3 Å². The Hall–Kier alpha value is -1.40. The summed E-state index contributed by atoms with van der Waals surface area (Å²) in [4.78, 5) is 11.8. The van der Waals surface area contributed by atoms with E-state index in [1.54, 1.807) is 12.1 Å². The van der Waals surface area contributed by atoms with Crippen LogP contribution in [-0.4, -0.2) is 46.0 Å². The van der Waals surface area contributed by atoms with E-state index in [9.17, 15) is 13.2 Å². The van der Waals surface area contributed by atoms with Crippen molar-refractivity contribution in [1.82, 2.24) is 10.6 Å². The summed E-state index contributed by atoms with van der Waals surface area (Å²) in [7, 11) is -2.88. The molecule has 0 spiro atoms. The predicted molar refractivity (Wildman–Crippen MR) is 80.7 cm³/mol. The molecule has 20 heavy (non-hydrogen) atoms. The zero-order valence-electron chi connectivity index (χ0n) is 12.0. The van der Waals surface area contributed by atoms with Crippen LogP contribution in [0.4, 0.5) is 0 Å². The molecule has 0 saturated heterocycles. The average molecular weight is 298 g/mol. The summed E-state index contributed by atoms with van der Waals surface area (Å²) in [6.45, 7) is 3.75. The lowest BCUT2D eigenvalue weighted by molar-refractivity contribution is 0.0954. The zero-order chi connectivity index (χ0) is 15.0. The molecule has 6 heteroatoms. The Kier molecular flexibility index (Phi) is 6.67. The van der Waals surface area contributed by atoms with Crippen LogP contribution in [0, 0.1) is 6.92 Å². The van der Waals surface area contributed by atoms with E-state index >= 15 is 0 Å². The fourth-order valence-electron chi connectivity index (χ4n) is 1.66. The van der Waals surface area contributed by atoms with Gasteiger partial charge in [-0.2, -0.15) is 0 Å². The molecule has 0 saturated carbocycles. The van der Waals surface area contributed by atoms with Gasteiger partial charge in [-0.05, 0) is 32.0 Å². The van der Waals surface area contributed by atoms with Gasteiger partial charge in [0.15, 0.2) is 0 Å². The third kappa shape index (κ3) is 7.25. The molecule has 1 aromatic rings. The molecule has 0 radical (unpaired) electrons. The van der Waals surface area contributed by atoms with Crippen molar-refractivity contribution in [3.8, 4) is 0 Å². The summed E-state index contributed by atoms with van der Waals surface area (Å²) >= 11 is 0. The molecule has 1 amide bonds. The molecular formula is C14H22N2O3S. The molecule has 0 aliphatic rings. The van der Waals surface area contributed by atoms with Crippen molar-refractivity contribution in [3.63, 3.8) is 0 Å². The SMILES string of the molecule is Cc1ccc(C(=O)NCCNCCCS(C)(=O)=O)cc1. The van der Waals surface area contributed by atoms with Gasteiger partial charge in [-0.1, -0.05) is 17.7 Å². The van der Waals surface area contributed by atoms with Gasteiger partial charge in [-0.3, -0.25) is 4.79 Å². The highest BCUT2D eigenvalue weighted by Gasteiger charge is 2.04. The van der Waals surface area contributed by atoms with Gasteiger partial charge >= 0.3 is 0 Å². The van der Waals surface area contributed by atoms with Crippen LogP contribution < -0.4 is 10.6 Å². The molecule has 5 nitrogen and oxygen atoms in total. The van der Waals surface area contributed by atoms with E-state index in [-0.39, 0.29) is 11.7 Å². The van der Waals surface area contributed by atoms with Crippen molar-refractivity contribution < 1.29 is 13.2 Å². The number of carbonyl (C=O) groups excluding carboxylic acids is 1. The Labute approximate surface area is 120 Å². The number of amides is 1. The molecule has 1 rings (SSSR count). The summed E-state index contributed by atoms with van der Waals surface area (Å²) in [5.74, 6) is 0.0957. The van der Waals surface area contributed by atoms with Crippen molar-refractivity contribution in [1.29, 1.82) is 0 Å².